The van der Waals surface area contributed by atoms with Crippen molar-refractivity contribution in [3.63, 3.8) is 0 Å². The Labute approximate surface area is 115 Å². The second-order valence-electron chi connectivity index (χ2n) is 4.48. The van der Waals surface area contributed by atoms with Crippen molar-refractivity contribution in [1.29, 1.82) is 0 Å². The molecule has 0 aromatic carbocycles. The number of aromatic nitrogens is 1. The van der Waals surface area contributed by atoms with E-state index >= 15 is 0 Å². The molecule has 0 bridgehead atoms. The van der Waals surface area contributed by atoms with Crippen molar-refractivity contribution in [3.8, 4) is 0 Å². The first-order chi connectivity index (χ1) is 8.74. The van der Waals surface area contributed by atoms with Gasteiger partial charge in [0.25, 0.3) is 0 Å². The van der Waals surface area contributed by atoms with Crippen LogP contribution in [0.4, 0.5) is 11.5 Å². The molecule has 0 saturated carbocycles. The molecule has 3 N–H and O–H groups in total. The molecule has 0 fully saturated rings. The molecule has 2 aromatic heterocycles. The molecule has 1 aliphatic rings. The maximum Gasteiger partial charge on any atom is 0.149 e. The van der Waals surface area contributed by atoms with Crippen molar-refractivity contribution in [2.75, 3.05) is 11.1 Å². The van der Waals surface area contributed by atoms with Crippen molar-refractivity contribution in [2.45, 2.75) is 25.3 Å². The topological polar surface area (TPSA) is 50.9 Å². The number of fused-ring (bicyclic) bond motifs is 1. The van der Waals surface area contributed by atoms with Crippen molar-refractivity contribution < 1.29 is 0 Å². The molecule has 5 heteroatoms. The number of nitrogens with two attached hydrogens (primary N) is 1. The van der Waals surface area contributed by atoms with Gasteiger partial charge >= 0.3 is 0 Å². The molecule has 0 spiro atoms. The summed E-state index contributed by atoms with van der Waals surface area (Å²) < 4.78 is 0. The number of aryl methyl sites for hydroxylation is 1. The minimum Gasteiger partial charge on any atom is -0.396 e. The van der Waals surface area contributed by atoms with Crippen molar-refractivity contribution in [1.82, 2.24) is 4.98 Å². The lowest BCUT2D eigenvalue weighted by Crippen LogP contribution is -2.17. The first kappa shape index (κ1) is 11.8. The lowest BCUT2D eigenvalue weighted by molar-refractivity contribution is 0.607. The van der Waals surface area contributed by atoms with Crippen molar-refractivity contribution in [2.24, 2.45) is 0 Å². The highest BCUT2D eigenvalue weighted by atomic mass is 35.5. The van der Waals surface area contributed by atoms with E-state index in [1.54, 1.807) is 12.3 Å². The van der Waals surface area contributed by atoms with E-state index in [1.807, 2.05) is 11.3 Å². The van der Waals surface area contributed by atoms with Crippen LogP contribution in [-0.2, 0) is 6.42 Å². The van der Waals surface area contributed by atoms with E-state index < -0.39 is 0 Å². The van der Waals surface area contributed by atoms with Crippen LogP contribution < -0.4 is 11.1 Å². The van der Waals surface area contributed by atoms with Gasteiger partial charge in [0.1, 0.15) is 5.82 Å². The summed E-state index contributed by atoms with van der Waals surface area (Å²) in [5, 5.41) is 6.15. The normalized spacial score (nSPS) is 18.4. The SMILES string of the molecule is Nc1cc(Cl)cnc1NC1CCCc2sccc21. The lowest BCUT2D eigenvalue weighted by Gasteiger charge is -2.24. The summed E-state index contributed by atoms with van der Waals surface area (Å²) in [6.07, 6.45) is 5.14. The number of nitrogens with one attached hydrogen (secondary N) is 1. The Hall–Kier alpha value is -1.26. The third-order valence-corrected chi connectivity index (χ3v) is 4.45. The monoisotopic (exact) mass is 279 g/mol. The first-order valence-corrected chi connectivity index (χ1v) is 7.23. The van der Waals surface area contributed by atoms with E-state index in [0.29, 0.717) is 16.8 Å². The average Bonchev–Trinajstić information content (AvgIpc) is 2.82. The van der Waals surface area contributed by atoms with Gasteiger partial charge in [-0.25, -0.2) is 4.98 Å². The average molecular weight is 280 g/mol. The molecule has 0 radical (unpaired) electrons. The van der Waals surface area contributed by atoms with Gasteiger partial charge in [0.2, 0.25) is 0 Å². The molecule has 0 amide bonds. The molecule has 1 aliphatic carbocycles. The zero-order valence-electron chi connectivity index (χ0n) is 9.82. The standard InChI is InChI=1S/C13H14ClN3S/c14-8-6-10(15)13(16-7-8)17-11-2-1-3-12-9(11)4-5-18-12/h4-7,11H,1-3,15H2,(H,16,17). The molecular formula is C13H14ClN3S. The van der Waals surface area contributed by atoms with E-state index in [9.17, 15) is 0 Å². The second kappa shape index (κ2) is 4.78. The van der Waals surface area contributed by atoms with Gasteiger partial charge in [0.15, 0.2) is 0 Å². The van der Waals surface area contributed by atoms with Gasteiger partial charge in [-0.2, -0.15) is 0 Å². The predicted octanol–water partition coefficient (Wildman–Crippen LogP) is 3.87. The highest BCUT2D eigenvalue weighted by molar-refractivity contribution is 7.10. The number of hydrogen-bond donors (Lipinski definition) is 2. The molecule has 1 atom stereocenters. The van der Waals surface area contributed by atoms with E-state index in [2.05, 4.69) is 21.7 Å². The summed E-state index contributed by atoms with van der Waals surface area (Å²) in [7, 11) is 0. The highest BCUT2D eigenvalue weighted by Crippen LogP contribution is 2.36. The van der Waals surface area contributed by atoms with Crippen LogP contribution in [0.1, 0.15) is 29.3 Å². The third kappa shape index (κ3) is 2.18. The Morgan fingerprint density at radius 3 is 3.22 bits per heavy atom. The summed E-state index contributed by atoms with van der Waals surface area (Å²) >= 11 is 7.69. The van der Waals surface area contributed by atoms with Crippen LogP contribution in [0.25, 0.3) is 0 Å². The van der Waals surface area contributed by atoms with Gasteiger partial charge in [-0.05, 0) is 42.3 Å². The number of nitrogens with zero attached hydrogens (tertiary/aromatic N) is 1. The summed E-state index contributed by atoms with van der Waals surface area (Å²) in [5.41, 5.74) is 7.92. The van der Waals surface area contributed by atoms with Crippen LogP contribution in [0.5, 0.6) is 0 Å². The molecular weight excluding hydrogens is 266 g/mol. The number of halogens is 1. The van der Waals surface area contributed by atoms with E-state index in [4.69, 9.17) is 17.3 Å². The minimum atomic E-state index is 0.316. The van der Waals surface area contributed by atoms with Crippen LogP contribution in [-0.4, -0.2) is 4.98 Å². The second-order valence-corrected chi connectivity index (χ2v) is 5.92. The minimum absolute atomic E-state index is 0.316. The summed E-state index contributed by atoms with van der Waals surface area (Å²) in [6.45, 7) is 0. The number of nitrogen functional groups attached to an aromatic ring is 1. The molecule has 3 rings (SSSR count). The Balaban J connectivity index is 1.86. The fourth-order valence-corrected chi connectivity index (χ4v) is 3.53. The van der Waals surface area contributed by atoms with E-state index in [1.165, 1.54) is 23.3 Å². The van der Waals surface area contributed by atoms with Gasteiger partial charge in [-0.1, -0.05) is 11.6 Å². The van der Waals surface area contributed by atoms with Gasteiger partial charge in [0.05, 0.1) is 16.8 Å². The molecule has 0 saturated heterocycles. The van der Waals surface area contributed by atoms with Gasteiger partial charge in [-0.3, -0.25) is 0 Å². The molecule has 18 heavy (non-hydrogen) atoms. The number of rotatable bonds is 2. The molecule has 3 nitrogen and oxygen atoms in total. The zero-order chi connectivity index (χ0) is 12.5. The maximum absolute atomic E-state index is 5.93. The van der Waals surface area contributed by atoms with Gasteiger partial charge in [0, 0.05) is 11.1 Å². The number of anilines is 2. The third-order valence-electron chi connectivity index (χ3n) is 3.25. The largest absolute Gasteiger partial charge is 0.396 e. The predicted molar refractivity (Wildman–Crippen MR) is 77.3 cm³/mol. The summed E-state index contributed by atoms with van der Waals surface area (Å²) in [6, 6.07) is 4.24. The quantitative estimate of drug-likeness (QED) is 0.877. The van der Waals surface area contributed by atoms with Crippen LogP contribution in [0.15, 0.2) is 23.7 Å². The number of pyridine rings is 1. The number of thiophene rings is 1. The maximum atomic E-state index is 5.93. The van der Waals surface area contributed by atoms with Crippen LogP contribution in [0.3, 0.4) is 0 Å². The summed E-state index contributed by atoms with van der Waals surface area (Å²) in [4.78, 5) is 5.74. The van der Waals surface area contributed by atoms with Crippen molar-refractivity contribution >= 4 is 34.4 Å². The molecule has 2 heterocycles. The Bertz CT molecular complexity index is 567. The van der Waals surface area contributed by atoms with E-state index in [0.717, 1.165) is 12.2 Å². The highest BCUT2D eigenvalue weighted by Gasteiger charge is 2.21. The fraction of sp³-hybridized carbons (Fsp3) is 0.308. The van der Waals surface area contributed by atoms with Crippen LogP contribution in [0.2, 0.25) is 5.02 Å². The van der Waals surface area contributed by atoms with E-state index in [-0.39, 0.29) is 0 Å². The van der Waals surface area contributed by atoms with Crippen molar-refractivity contribution in [3.05, 3.63) is 39.2 Å². The molecule has 2 aromatic rings. The molecule has 1 unspecified atom stereocenters. The summed E-state index contributed by atoms with van der Waals surface area (Å²) in [5.74, 6) is 0.725. The first-order valence-electron chi connectivity index (χ1n) is 5.98. The van der Waals surface area contributed by atoms with Gasteiger partial charge < -0.3 is 11.1 Å². The Kier molecular flexibility index (Phi) is 3.14. The molecule has 0 aliphatic heterocycles. The fourth-order valence-electron chi connectivity index (χ4n) is 2.38. The molecule has 94 valence electrons. The Morgan fingerprint density at radius 2 is 2.39 bits per heavy atom. The Morgan fingerprint density at radius 1 is 1.50 bits per heavy atom. The van der Waals surface area contributed by atoms with Crippen LogP contribution >= 0.6 is 22.9 Å². The lowest BCUT2D eigenvalue weighted by atomic mass is 9.94. The van der Waals surface area contributed by atoms with Gasteiger partial charge in [-0.15, -0.1) is 11.3 Å². The smallest absolute Gasteiger partial charge is 0.149 e. The zero-order valence-corrected chi connectivity index (χ0v) is 11.4. The number of hydrogen-bond acceptors (Lipinski definition) is 4. The van der Waals surface area contributed by atoms with Crippen LogP contribution in [0, 0.1) is 0 Å².